The average molecular weight is 595 g/mol. The monoisotopic (exact) mass is 594 g/mol. The molecule has 43 heavy (non-hydrogen) atoms. The van der Waals surface area contributed by atoms with Crippen molar-refractivity contribution >= 4 is 34.0 Å². The summed E-state index contributed by atoms with van der Waals surface area (Å²) in [5, 5.41) is 10.00. The summed E-state index contributed by atoms with van der Waals surface area (Å²) in [6, 6.07) is 19.1. The molecule has 0 saturated carbocycles. The minimum Gasteiger partial charge on any atom is -0.314 e. The van der Waals surface area contributed by atoms with Crippen molar-refractivity contribution in [2.24, 2.45) is 9.98 Å². The van der Waals surface area contributed by atoms with Gasteiger partial charge in [-0.15, -0.1) is 11.3 Å². The maximum absolute atomic E-state index is 5.04. The van der Waals surface area contributed by atoms with Gasteiger partial charge in [-0.3, -0.25) is 9.98 Å². The second kappa shape index (κ2) is 15.4. The van der Waals surface area contributed by atoms with Gasteiger partial charge in [0.25, 0.3) is 0 Å². The highest BCUT2D eigenvalue weighted by Crippen LogP contribution is 2.32. The Morgan fingerprint density at radius 1 is 0.674 bits per heavy atom. The van der Waals surface area contributed by atoms with E-state index in [0.29, 0.717) is 0 Å². The second-order valence-corrected chi connectivity index (χ2v) is 12.1. The molecule has 8 nitrogen and oxygen atoms in total. The topological polar surface area (TPSA) is 81.0 Å². The Kier molecular flexibility index (Phi) is 10.6. The lowest BCUT2D eigenvalue weighted by Crippen LogP contribution is -2.43. The molecule has 2 N–H and O–H groups in total. The third-order valence-corrected chi connectivity index (χ3v) is 8.91. The zero-order valence-electron chi connectivity index (χ0n) is 24.9. The van der Waals surface area contributed by atoms with Gasteiger partial charge in [0.1, 0.15) is 4.83 Å². The summed E-state index contributed by atoms with van der Waals surface area (Å²) in [6.45, 7) is 12.9. The van der Waals surface area contributed by atoms with Gasteiger partial charge in [-0.25, -0.2) is 9.97 Å². The molecule has 2 aliphatic rings. The van der Waals surface area contributed by atoms with Gasteiger partial charge >= 0.3 is 0 Å². The molecule has 2 aromatic carbocycles. The van der Waals surface area contributed by atoms with Crippen LogP contribution in [0.3, 0.4) is 0 Å². The van der Waals surface area contributed by atoms with Crippen LogP contribution in [0.1, 0.15) is 24.0 Å². The number of fused-ring (bicyclic) bond motifs is 1. The second-order valence-electron chi connectivity index (χ2n) is 11.2. The minimum absolute atomic E-state index is 0.750. The van der Waals surface area contributed by atoms with E-state index in [9.17, 15) is 0 Å². The van der Waals surface area contributed by atoms with Crippen LogP contribution in [0, 0.1) is 0 Å². The molecule has 2 fully saturated rings. The first-order valence-electron chi connectivity index (χ1n) is 15.6. The van der Waals surface area contributed by atoms with Crippen LogP contribution >= 0.6 is 11.3 Å². The van der Waals surface area contributed by atoms with Gasteiger partial charge in [-0.05, 0) is 48.5 Å². The van der Waals surface area contributed by atoms with Crippen molar-refractivity contribution < 1.29 is 0 Å². The normalized spacial score (nSPS) is 17.0. The number of nitrogens with zero attached hydrogens (tertiary/aromatic N) is 6. The maximum atomic E-state index is 5.04. The van der Waals surface area contributed by atoms with Crippen LogP contribution in [0.4, 0.5) is 0 Å². The van der Waals surface area contributed by atoms with E-state index in [2.05, 4.69) is 90.4 Å². The van der Waals surface area contributed by atoms with E-state index in [1.54, 1.807) is 11.3 Å². The summed E-state index contributed by atoms with van der Waals surface area (Å²) in [5.74, 6) is 0.750. The first kappa shape index (κ1) is 29.7. The van der Waals surface area contributed by atoms with Crippen LogP contribution in [0.5, 0.6) is 0 Å². The van der Waals surface area contributed by atoms with Crippen LogP contribution in [-0.4, -0.2) is 111 Å². The van der Waals surface area contributed by atoms with E-state index in [1.807, 2.05) is 12.4 Å². The highest BCUT2D eigenvalue weighted by atomic mass is 32.1. The Labute approximate surface area is 259 Å². The molecule has 0 aliphatic carbocycles. The molecule has 2 aromatic heterocycles. The van der Waals surface area contributed by atoms with Gasteiger partial charge in [0.15, 0.2) is 5.82 Å². The lowest BCUT2D eigenvalue weighted by atomic mass is 10.1. The van der Waals surface area contributed by atoms with Crippen LogP contribution in [0.25, 0.3) is 32.9 Å². The third-order valence-electron chi connectivity index (χ3n) is 8.10. The van der Waals surface area contributed by atoms with Crippen molar-refractivity contribution in [2.75, 3.05) is 78.5 Å². The van der Waals surface area contributed by atoms with Crippen LogP contribution in [-0.2, 0) is 0 Å². The number of rotatable bonds is 12. The summed E-state index contributed by atoms with van der Waals surface area (Å²) >= 11 is 1.66. The minimum atomic E-state index is 0.750. The van der Waals surface area contributed by atoms with Crippen molar-refractivity contribution in [3.8, 4) is 22.6 Å². The largest absolute Gasteiger partial charge is 0.314 e. The standard InChI is InChI=1S/C34H42N8S/c1(18-41-20-14-35-15-21-41)12-37-25-27-3-7-29(8-4-27)32-31-11-24-43-34(31)40-33(39-32)30-9-5-28(6-10-30)26-38-13-2-19-42-22-16-36-17-23-42/h3-11,24-26,35-36H,1-2,12-23H2/b37-25-,38-26+. The fourth-order valence-corrected chi connectivity index (χ4v) is 6.39. The molecule has 2 saturated heterocycles. The zero-order valence-corrected chi connectivity index (χ0v) is 25.7. The van der Waals surface area contributed by atoms with E-state index < -0.39 is 0 Å². The number of aliphatic imine (C=N–C) groups is 2. The Hall–Kier alpha value is -3.34. The smallest absolute Gasteiger partial charge is 0.161 e. The number of hydrogen-bond acceptors (Lipinski definition) is 9. The SMILES string of the molecule is C(=N/CCCN1CCNCC1)/c1ccc(-c2nc(-c3ccc(/C=N/CCCN4CCNCC4)cc3)nc3sccc23)cc1. The van der Waals surface area contributed by atoms with Gasteiger partial charge in [0.2, 0.25) is 0 Å². The summed E-state index contributed by atoms with van der Waals surface area (Å²) in [4.78, 5) is 25.3. The molecule has 4 heterocycles. The number of thiophene rings is 1. The molecule has 0 unspecified atom stereocenters. The highest BCUT2D eigenvalue weighted by molar-refractivity contribution is 7.16. The molecule has 0 bridgehead atoms. The Morgan fingerprint density at radius 3 is 1.77 bits per heavy atom. The molecule has 2 aliphatic heterocycles. The van der Waals surface area contributed by atoms with Crippen molar-refractivity contribution in [3.05, 3.63) is 71.1 Å². The van der Waals surface area contributed by atoms with Gasteiger partial charge < -0.3 is 20.4 Å². The summed E-state index contributed by atoms with van der Waals surface area (Å²) in [5.41, 5.74) is 5.28. The number of hydrogen-bond donors (Lipinski definition) is 2. The summed E-state index contributed by atoms with van der Waals surface area (Å²) in [6.07, 6.45) is 6.16. The van der Waals surface area contributed by atoms with E-state index >= 15 is 0 Å². The Morgan fingerprint density at radius 2 is 1.21 bits per heavy atom. The van der Waals surface area contributed by atoms with E-state index in [-0.39, 0.29) is 0 Å². The number of piperazine rings is 2. The lowest BCUT2D eigenvalue weighted by Gasteiger charge is -2.26. The van der Waals surface area contributed by atoms with Crippen LogP contribution in [0.15, 0.2) is 70.0 Å². The molecule has 4 aromatic rings. The molecular formula is C34H42N8S. The maximum Gasteiger partial charge on any atom is 0.161 e. The molecule has 6 rings (SSSR count). The fourth-order valence-electron chi connectivity index (χ4n) is 5.63. The van der Waals surface area contributed by atoms with Gasteiger partial charge in [-0.1, -0.05) is 48.5 Å². The number of aromatic nitrogens is 2. The van der Waals surface area contributed by atoms with E-state index in [0.717, 1.165) is 135 Å². The Bertz CT molecular complexity index is 1480. The Balaban J connectivity index is 1.06. The lowest BCUT2D eigenvalue weighted by molar-refractivity contribution is 0.240. The predicted molar refractivity (Wildman–Crippen MR) is 181 cm³/mol. The van der Waals surface area contributed by atoms with Crippen molar-refractivity contribution in [3.63, 3.8) is 0 Å². The summed E-state index contributed by atoms with van der Waals surface area (Å²) in [7, 11) is 0. The quantitative estimate of drug-likeness (QED) is 0.186. The molecule has 0 spiro atoms. The predicted octanol–water partition coefficient (Wildman–Crippen LogP) is 4.45. The van der Waals surface area contributed by atoms with Crippen LogP contribution < -0.4 is 10.6 Å². The molecule has 9 heteroatoms. The van der Waals surface area contributed by atoms with Gasteiger partial charge in [0.05, 0.1) is 5.69 Å². The number of nitrogens with one attached hydrogen (secondary N) is 2. The van der Waals surface area contributed by atoms with Crippen molar-refractivity contribution in [1.82, 2.24) is 30.4 Å². The number of benzene rings is 2. The van der Waals surface area contributed by atoms with Gasteiger partial charge in [-0.2, -0.15) is 0 Å². The molecule has 0 atom stereocenters. The zero-order chi connectivity index (χ0) is 29.1. The molecule has 224 valence electrons. The van der Waals surface area contributed by atoms with E-state index in [1.165, 1.54) is 0 Å². The molecule has 0 amide bonds. The molecular weight excluding hydrogens is 552 g/mol. The average Bonchev–Trinajstić information content (AvgIpc) is 3.55. The fraction of sp³-hybridized carbons (Fsp3) is 0.412. The third kappa shape index (κ3) is 8.40. The molecule has 0 radical (unpaired) electrons. The van der Waals surface area contributed by atoms with Gasteiger partial charge in [0, 0.05) is 94.4 Å². The van der Waals surface area contributed by atoms with E-state index in [4.69, 9.17) is 9.97 Å². The van der Waals surface area contributed by atoms with Crippen molar-refractivity contribution in [1.29, 1.82) is 0 Å². The summed E-state index contributed by atoms with van der Waals surface area (Å²) < 4.78 is 0. The van der Waals surface area contributed by atoms with Crippen LogP contribution in [0.2, 0.25) is 0 Å². The first-order valence-corrected chi connectivity index (χ1v) is 16.5. The van der Waals surface area contributed by atoms with Crippen molar-refractivity contribution in [2.45, 2.75) is 12.8 Å². The first-order chi connectivity index (χ1) is 21.3. The highest BCUT2D eigenvalue weighted by Gasteiger charge is 2.13.